The third-order valence-electron chi connectivity index (χ3n) is 1.71. The summed E-state index contributed by atoms with van der Waals surface area (Å²) in [5.74, 6) is 0. The molecule has 1 N–H and O–H groups in total. The average molecular weight is 171 g/mol. The van der Waals surface area contributed by atoms with Gasteiger partial charge in [-0.15, -0.1) is 24.4 Å². The van der Waals surface area contributed by atoms with Crippen molar-refractivity contribution in [1.82, 2.24) is 5.32 Å². The van der Waals surface area contributed by atoms with Crippen LogP contribution in [0.5, 0.6) is 0 Å². The van der Waals surface area contributed by atoms with E-state index in [2.05, 4.69) is 42.2 Å². The first kappa shape index (κ1) is 6.83. The Morgan fingerprint density at radius 1 is 1.30 bits per heavy atom. The summed E-state index contributed by atoms with van der Waals surface area (Å²) in [4.78, 5) is 0. The molecule has 0 amide bonds. The normalized spacial score (nSPS) is 43.9. The molecule has 1 saturated heterocycles. The highest BCUT2D eigenvalue weighted by molar-refractivity contribution is 8.11. The maximum Gasteiger partial charge on any atom is 0.0984 e. The monoisotopic (exact) mass is 171 g/mol. The summed E-state index contributed by atoms with van der Waals surface area (Å²) in [6.45, 7) is 0. The first-order chi connectivity index (χ1) is 4.86. The Kier molecular flexibility index (Phi) is 1.80. The minimum atomic E-state index is 0.308. The number of hydrogen-bond donors (Lipinski definition) is 2. The Bertz CT molecular complexity index is 168. The van der Waals surface area contributed by atoms with Gasteiger partial charge in [0, 0.05) is 11.3 Å². The molecule has 1 nitrogen and oxygen atoms in total. The summed E-state index contributed by atoms with van der Waals surface area (Å²) in [5.41, 5.74) is 0. The van der Waals surface area contributed by atoms with E-state index >= 15 is 0 Å². The van der Waals surface area contributed by atoms with E-state index in [-0.39, 0.29) is 0 Å². The standard InChI is InChI=1S/C7H9NS2/c9-7-8-5-3-1-2-4-6(5)10-7/h1-9H. The van der Waals surface area contributed by atoms with Crippen molar-refractivity contribution in [1.29, 1.82) is 0 Å². The van der Waals surface area contributed by atoms with E-state index in [1.807, 2.05) is 11.8 Å². The lowest BCUT2D eigenvalue weighted by Crippen LogP contribution is -2.29. The molecule has 0 bridgehead atoms. The molecule has 1 fully saturated rings. The van der Waals surface area contributed by atoms with Crippen molar-refractivity contribution in [3.05, 3.63) is 24.3 Å². The first-order valence-corrected chi connectivity index (χ1v) is 4.77. The van der Waals surface area contributed by atoms with Crippen LogP contribution in [-0.4, -0.2) is 16.0 Å². The second-order valence-electron chi connectivity index (χ2n) is 2.42. The summed E-state index contributed by atoms with van der Waals surface area (Å²) < 4.78 is 0.308. The molecule has 1 aliphatic carbocycles. The Hall–Kier alpha value is 0.140. The summed E-state index contributed by atoms with van der Waals surface area (Å²) in [6.07, 6.45) is 8.59. The van der Waals surface area contributed by atoms with Gasteiger partial charge in [0.25, 0.3) is 0 Å². The van der Waals surface area contributed by atoms with Gasteiger partial charge >= 0.3 is 0 Å². The van der Waals surface area contributed by atoms with Crippen LogP contribution in [0, 0.1) is 0 Å². The van der Waals surface area contributed by atoms with E-state index in [1.54, 1.807) is 0 Å². The van der Waals surface area contributed by atoms with Crippen LogP contribution in [0.25, 0.3) is 0 Å². The topological polar surface area (TPSA) is 12.0 Å². The molecule has 0 aromatic heterocycles. The fourth-order valence-corrected chi connectivity index (χ4v) is 2.87. The predicted molar refractivity (Wildman–Crippen MR) is 49.4 cm³/mol. The molecule has 3 heteroatoms. The Morgan fingerprint density at radius 3 is 2.90 bits per heavy atom. The molecule has 2 aliphatic rings. The average Bonchev–Trinajstić information content (AvgIpc) is 2.27. The van der Waals surface area contributed by atoms with Gasteiger partial charge in [0.2, 0.25) is 0 Å². The molecule has 10 heavy (non-hydrogen) atoms. The Labute approximate surface area is 70.4 Å². The SMILES string of the molecule is SC1NC2C=CC=CC2S1. The zero-order valence-corrected chi connectivity index (χ0v) is 7.11. The molecule has 0 aromatic rings. The number of nitrogens with one attached hydrogen (secondary N) is 1. The van der Waals surface area contributed by atoms with Crippen LogP contribution < -0.4 is 5.32 Å². The van der Waals surface area contributed by atoms with Crippen LogP contribution in [-0.2, 0) is 0 Å². The third kappa shape index (κ3) is 1.13. The van der Waals surface area contributed by atoms with Gasteiger partial charge in [0.1, 0.15) is 0 Å². The maximum absolute atomic E-state index is 4.33. The number of thiol groups is 1. The first-order valence-electron chi connectivity index (χ1n) is 3.31. The lowest BCUT2D eigenvalue weighted by Gasteiger charge is -2.12. The van der Waals surface area contributed by atoms with Crippen LogP contribution in [0.2, 0.25) is 0 Å². The molecular formula is C7H9NS2. The zero-order chi connectivity index (χ0) is 6.97. The van der Waals surface area contributed by atoms with Gasteiger partial charge in [-0.25, -0.2) is 0 Å². The van der Waals surface area contributed by atoms with Gasteiger partial charge in [-0.2, -0.15) is 0 Å². The van der Waals surface area contributed by atoms with Crippen LogP contribution in [0.3, 0.4) is 0 Å². The van der Waals surface area contributed by atoms with Crippen molar-refractivity contribution in [3.8, 4) is 0 Å². The van der Waals surface area contributed by atoms with Gasteiger partial charge in [-0.1, -0.05) is 24.3 Å². The number of fused-ring (bicyclic) bond motifs is 1. The smallest absolute Gasteiger partial charge is 0.0984 e. The summed E-state index contributed by atoms with van der Waals surface area (Å²) in [5, 5.41) is 3.95. The number of thioether (sulfide) groups is 1. The fourth-order valence-electron chi connectivity index (χ4n) is 1.22. The fraction of sp³-hybridized carbons (Fsp3) is 0.429. The van der Waals surface area contributed by atoms with Crippen LogP contribution >= 0.6 is 24.4 Å². The van der Waals surface area contributed by atoms with Crippen LogP contribution in [0.4, 0.5) is 0 Å². The van der Waals surface area contributed by atoms with Crippen molar-refractivity contribution in [2.75, 3.05) is 0 Å². The van der Waals surface area contributed by atoms with Crippen molar-refractivity contribution >= 4 is 24.4 Å². The second kappa shape index (κ2) is 2.64. The number of allylic oxidation sites excluding steroid dienone is 2. The van der Waals surface area contributed by atoms with Crippen molar-refractivity contribution in [3.63, 3.8) is 0 Å². The summed E-state index contributed by atoms with van der Waals surface area (Å²) in [7, 11) is 0. The van der Waals surface area contributed by atoms with E-state index in [4.69, 9.17) is 0 Å². The molecule has 0 radical (unpaired) electrons. The molecular weight excluding hydrogens is 162 g/mol. The lowest BCUT2D eigenvalue weighted by atomic mass is 10.1. The van der Waals surface area contributed by atoms with Gasteiger partial charge in [0.15, 0.2) is 0 Å². The quantitative estimate of drug-likeness (QED) is 0.534. The van der Waals surface area contributed by atoms with Crippen molar-refractivity contribution in [2.45, 2.75) is 16.0 Å². The second-order valence-corrected chi connectivity index (χ2v) is 4.57. The molecule has 0 saturated carbocycles. The zero-order valence-electron chi connectivity index (χ0n) is 5.40. The predicted octanol–water partition coefficient (Wildman–Crippen LogP) is 1.40. The van der Waals surface area contributed by atoms with Crippen LogP contribution in [0.1, 0.15) is 0 Å². The molecule has 0 aromatic carbocycles. The molecule has 1 heterocycles. The van der Waals surface area contributed by atoms with E-state index in [0.29, 0.717) is 16.0 Å². The highest BCUT2D eigenvalue weighted by Gasteiger charge is 2.29. The molecule has 0 spiro atoms. The van der Waals surface area contributed by atoms with Gasteiger partial charge < -0.3 is 0 Å². The molecule has 3 unspecified atom stereocenters. The minimum Gasteiger partial charge on any atom is -0.289 e. The molecule has 3 atom stereocenters. The van der Waals surface area contributed by atoms with Crippen molar-refractivity contribution < 1.29 is 0 Å². The van der Waals surface area contributed by atoms with Crippen molar-refractivity contribution in [2.24, 2.45) is 0 Å². The largest absolute Gasteiger partial charge is 0.289 e. The third-order valence-corrected chi connectivity index (χ3v) is 3.38. The summed E-state index contributed by atoms with van der Waals surface area (Å²) in [6, 6.07) is 0.512. The summed E-state index contributed by atoms with van der Waals surface area (Å²) >= 11 is 6.20. The van der Waals surface area contributed by atoms with E-state index < -0.39 is 0 Å². The van der Waals surface area contributed by atoms with E-state index in [9.17, 15) is 0 Å². The maximum atomic E-state index is 4.33. The van der Waals surface area contributed by atoms with E-state index in [1.165, 1.54) is 0 Å². The highest BCUT2D eigenvalue weighted by Crippen LogP contribution is 2.32. The number of hydrogen-bond acceptors (Lipinski definition) is 3. The Balaban J connectivity index is 2.14. The Morgan fingerprint density at radius 2 is 2.10 bits per heavy atom. The molecule has 2 rings (SSSR count). The van der Waals surface area contributed by atoms with Gasteiger partial charge in [-0.05, 0) is 0 Å². The highest BCUT2D eigenvalue weighted by atomic mass is 32.2. The number of rotatable bonds is 0. The molecule has 1 aliphatic heterocycles. The molecule has 54 valence electrons. The lowest BCUT2D eigenvalue weighted by molar-refractivity contribution is 0.690. The van der Waals surface area contributed by atoms with Gasteiger partial charge in [0.05, 0.1) is 4.71 Å². The van der Waals surface area contributed by atoms with Gasteiger partial charge in [-0.3, -0.25) is 5.32 Å². The minimum absolute atomic E-state index is 0.308. The van der Waals surface area contributed by atoms with E-state index in [0.717, 1.165) is 0 Å². The van der Waals surface area contributed by atoms with Crippen LogP contribution in [0.15, 0.2) is 24.3 Å².